The molecule has 0 saturated carbocycles. The van der Waals surface area contributed by atoms with Gasteiger partial charge in [-0.05, 0) is 32.1 Å². The van der Waals surface area contributed by atoms with Crippen LogP contribution in [-0.2, 0) is 4.74 Å². The lowest BCUT2D eigenvalue weighted by atomic mass is 10.2. The molecule has 4 heteroatoms. The minimum atomic E-state index is 0.218. The fourth-order valence-corrected chi connectivity index (χ4v) is 2.56. The first kappa shape index (κ1) is 16.0. The van der Waals surface area contributed by atoms with Crippen molar-refractivity contribution in [3.63, 3.8) is 0 Å². The Bertz CT molecular complexity index is 505. The van der Waals surface area contributed by atoms with Gasteiger partial charge in [0.15, 0.2) is 0 Å². The van der Waals surface area contributed by atoms with Gasteiger partial charge in [-0.3, -0.25) is 0 Å². The summed E-state index contributed by atoms with van der Waals surface area (Å²) in [5.41, 5.74) is 0.956. The second-order valence-corrected chi connectivity index (χ2v) is 5.41. The maximum absolute atomic E-state index is 6.00. The van der Waals surface area contributed by atoms with Crippen LogP contribution < -0.4 is 5.32 Å². The van der Waals surface area contributed by atoms with Crippen molar-refractivity contribution in [3.8, 4) is 0 Å². The molecule has 0 saturated heterocycles. The SMILES string of the molecule is CCNC(CN(C)CCCOC)c1cc2ccccc2o1. The summed E-state index contributed by atoms with van der Waals surface area (Å²) in [6.07, 6.45) is 1.05. The Kier molecular flexibility index (Phi) is 6.23. The van der Waals surface area contributed by atoms with Crippen molar-refractivity contribution in [2.24, 2.45) is 0 Å². The van der Waals surface area contributed by atoms with E-state index in [1.54, 1.807) is 7.11 Å². The average molecular weight is 290 g/mol. The Morgan fingerprint density at radius 3 is 2.86 bits per heavy atom. The molecule has 0 aliphatic heterocycles. The molecular weight excluding hydrogens is 264 g/mol. The predicted octanol–water partition coefficient (Wildman–Crippen LogP) is 3.05. The van der Waals surface area contributed by atoms with Crippen LogP contribution in [0.1, 0.15) is 25.1 Å². The molecule has 1 atom stereocenters. The van der Waals surface area contributed by atoms with Gasteiger partial charge < -0.3 is 19.4 Å². The number of rotatable bonds is 9. The Morgan fingerprint density at radius 1 is 1.33 bits per heavy atom. The fourth-order valence-electron chi connectivity index (χ4n) is 2.56. The maximum Gasteiger partial charge on any atom is 0.134 e. The Labute approximate surface area is 127 Å². The summed E-state index contributed by atoms with van der Waals surface area (Å²) in [6, 6.07) is 10.5. The quantitative estimate of drug-likeness (QED) is 0.720. The van der Waals surface area contributed by atoms with E-state index < -0.39 is 0 Å². The highest BCUT2D eigenvalue weighted by Gasteiger charge is 2.17. The van der Waals surface area contributed by atoms with E-state index in [-0.39, 0.29) is 6.04 Å². The number of hydrogen-bond acceptors (Lipinski definition) is 4. The van der Waals surface area contributed by atoms with E-state index in [0.717, 1.165) is 49.4 Å². The number of methoxy groups -OCH3 is 1. The number of furan rings is 1. The molecule has 4 nitrogen and oxygen atoms in total. The molecule has 0 radical (unpaired) electrons. The van der Waals surface area contributed by atoms with E-state index in [1.165, 1.54) is 0 Å². The van der Waals surface area contributed by atoms with Gasteiger partial charge in [0.1, 0.15) is 11.3 Å². The molecule has 1 N–H and O–H groups in total. The van der Waals surface area contributed by atoms with Crippen LogP contribution in [0.5, 0.6) is 0 Å². The molecule has 0 aliphatic carbocycles. The third kappa shape index (κ3) is 4.56. The summed E-state index contributed by atoms with van der Waals surface area (Å²) in [5, 5.41) is 4.68. The van der Waals surface area contributed by atoms with Gasteiger partial charge >= 0.3 is 0 Å². The van der Waals surface area contributed by atoms with E-state index in [2.05, 4.69) is 36.3 Å². The van der Waals surface area contributed by atoms with E-state index >= 15 is 0 Å². The Morgan fingerprint density at radius 2 is 2.14 bits per heavy atom. The van der Waals surface area contributed by atoms with Crippen LogP contribution in [0.15, 0.2) is 34.7 Å². The summed E-state index contributed by atoms with van der Waals surface area (Å²) in [7, 11) is 3.89. The smallest absolute Gasteiger partial charge is 0.134 e. The standard InChI is InChI=1S/C17H26N2O2/c1-4-18-15(13-19(2)10-7-11-20-3)17-12-14-8-5-6-9-16(14)21-17/h5-6,8-9,12,15,18H,4,7,10-11,13H2,1-3H3. The highest BCUT2D eigenvalue weighted by molar-refractivity contribution is 5.77. The molecule has 0 fully saturated rings. The van der Waals surface area contributed by atoms with Gasteiger partial charge in [0.05, 0.1) is 6.04 Å². The van der Waals surface area contributed by atoms with E-state index in [9.17, 15) is 0 Å². The largest absolute Gasteiger partial charge is 0.459 e. The average Bonchev–Trinajstić information content (AvgIpc) is 2.91. The minimum absolute atomic E-state index is 0.218. The van der Waals surface area contributed by atoms with E-state index in [1.807, 2.05) is 18.2 Å². The molecule has 116 valence electrons. The van der Waals surface area contributed by atoms with Gasteiger partial charge in [-0.2, -0.15) is 0 Å². The van der Waals surface area contributed by atoms with Crippen molar-refractivity contribution in [1.29, 1.82) is 0 Å². The first-order valence-electron chi connectivity index (χ1n) is 7.64. The van der Waals surface area contributed by atoms with Crippen molar-refractivity contribution in [2.75, 3.05) is 40.4 Å². The highest BCUT2D eigenvalue weighted by atomic mass is 16.5. The normalized spacial score (nSPS) is 13.1. The summed E-state index contributed by atoms with van der Waals surface area (Å²) in [5.74, 6) is 1.01. The van der Waals surface area contributed by atoms with Gasteiger partial charge in [-0.25, -0.2) is 0 Å². The Balaban J connectivity index is 2.03. The van der Waals surface area contributed by atoms with Crippen LogP contribution in [-0.4, -0.2) is 45.3 Å². The number of nitrogens with zero attached hydrogens (tertiary/aromatic N) is 1. The fraction of sp³-hybridized carbons (Fsp3) is 0.529. The van der Waals surface area contributed by atoms with Crippen molar-refractivity contribution < 1.29 is 9.15 Å². The molecule has 1 aromatic carbocycles. The third-order valence-corrected chi connectivity index (χ3v) is 3.62. The zero-order chi connectivity index (χ0) is 15.1. The summed E-state index contributed by atoms with van der Waals surface area (Å²) in [4.78, 5) is 2.32. The second-order valence-electron chi connectivity index (χ2n) is 5.41. The van der Waals surface area contributed by atoms with Gasteiger partial charge in [-0.15, -0.1) is 0 Å². The summed E-state index contributed by atoms with van der Waals surface area (Å²) < 4.78 is 11.1. The van der Waals surface area contributed by atoms with Crippen molar-refractivity contribution in [1.82, 2.24) is 10.2 Å². The van der Waals surface area contributed by atoms with E-state index in [0.29, 0.717) is 0 Å². The second kappa shape index (κ2) is 8.17. The van der Waals surface area contributed by atoms with Gasteiger partial charge in [-0.1, -0.05) is 25.1 Å². The van der Waals surface area contributed by atoms with Crippen LogP contribution in [0.2, 0.25) is 0 Å². The lowest BCUT2D eigenvalue weighted by Gasteiger charge is -2.23. The van der Waals surface area contributed by atoms with Gasteiger partial charge in [0.25, 0.3) is 0 Å². The topological polar surface area (TPSA) is 37.6 Å². The number of likely N-dealkylation sites (N-methyl/N-ethyl adjacent to an activating group) is 2. The minimum Gasteiger partial charge on any atom is -0.459 e. The molecular formula is C17H26N2O2. The molecule has 1 aromatic heterocycles. The number of benzene rings is 1. The highest BCUT2D eigenvalue weighted by Crippen LogP contribution is 2.24. The molecule has 2 rings (SSSR count). The van der Waals surface area contributed by atoms with Crippen LogP contribution in [0.3, 0.4) is 0 Å². The number of ether oxygens (including phenoxy) is 1. The molecule has 2 aromatic rings. The zero-order valence-electron chi connectivity index (χ0n) is 13.3. The molecule has 0 aliphatic rings. The number of hydrogen-bond donors (Lipinski definition) is 1. The van der Waals surface area contributed by atoms with Crippen molar-refractivity contribution in [3.05, 3.63) is 36.1 Å². The first-order valence-corrected chi connectivity index (χ1v) is 7.64. The number of para-hydroxylation sites is 1. The lowest BCUT2D eigenvalue weighted by molar-refractivity contribution is 0.175. The third-order valence-electron chi connectivity index (χ3n) is 3.62. The lowest BCUT2D eigenvalue weighted by Crippen LogP contribution is -2.33. The number of fused-ring (bicyclic) bond motifs is 1. The summed E-state index contributed by atoms with van der Waals surface area (Å²) >= 11 is 0. The van der Waals surface area contributed by atoms with E-state index in [4.69, 9.17) is 9.15 Å². The molecule has 0 spiro atoms. The first-order chi connectivity index (χ1) is 10.2. The van der Waals surface area contributed by atoms with Crippen LogP contribution in [0.4, 0.5) is 0 Å². The van der Waals surface area contributed by atoms with Gasteiger partial charge in [0, 0.05) is 32.2 Å². The molecule has 21 heavy (non-hydrogen) atoms. The van der Waals surface area contributed by atoms with Gasteiger partial charge in [0.2, 0.25) is 0 Å². The monoisotopic (exact) mass is 290 g/mol. The van der Waals surface area contributed by atoms with Crippen LogP contribution in [0.25, 0.3) is 11.0 Å². The molecule has 0 amide bonds. The predicted molar refractivity (Wildman–Crippen MR) is 86.6 cm³/mol. The summed E-state index contributed by atoms with van der Waals surface area (Å²) in [6.45, 7) is 5.81. The van der Waals surface area contributed by atoms with Crippen LogP contribution >= 0.6 is 0 Å². The maximum atomic E-state index is 6.00. The zero-order valence-corrected chi connectivity index (χ0v) is 13.3. The molecule has 1 unspecified atom stereocenters. The molecule has 1 heterocycles. The molecule has 0 bridgehead atoms. The Hall–Kier alpha value is -1.36. The van der Waals surface area contributed by atoms with Crippen LogP contribution in [0, 0.1) is 0 Å². The van der Waals surface area contributed by atoms with Crippen molar-refractivity contribution in [2.45, 2.75) is 19.4 Å². The van der Waals surface area contributed by atoms with Crippen molar-refractivity contribution >= 4 is 11.0 Å². The number of nitrogens with one attached hydrogen (secondary N) is 1.